The SMILES string of the molecule is CCCCCCCN[C@@H](CCCCCCC)C(=O)OCC. The highest BCUT2D eigenvalue weighted by Gasteiger charge is 2.18. The van der Waals surface area contributed by atoms with Crippen LogP contribution in [0.25, 0.3) is 0 Å². The van der Waals surface area contributed by atoms with Crippen LogP contribution < -0.4 is 5.32 Å². The summed E-state index contributed by atoms with van der Waals surface area (Å²) in [6, 6.07) is -0.0993. The highest BCUT2D eigenvalue weighted by molar-refractivity contribution is 5.75. The maximum atomic E-state index is 11.9. The molecule has 0 aliphatic carbocycles. The van der Waals surface area contributed by atoms with Crippen LogP contribution >= 0.6 is 0 Å². The molecule has 0 aliphatic heterocycles. The first kappa shape index (κ1) is 20.4. The fourth-order valence-electron chi connectivity index (χ4n) is 2.50. The zero-order chi connectivity index (χ0) is 15.8. The second-order valence-electron chi connectivity index (χ2n) is 5.88. The predicted octanol–water partition coefficient (Wildman–Crippen LogP) is 4.84. The maximum absolute atomic E-state index is 11.9. The number of hydrogen-bond donors (Lipinski definition) is 1. The van der Waals surface area contributed by atoms with Gasteiger partial charge in [0.05, 0.1) is 6.61 Å². The number of carbonyl (C=O) groups is 1. The lowest BCUT2D eigenvalue weighted by Crippen LogP contribution is -2.38. The Morgan fingerprint density at radius 1 is 0.857 bits per heavy atom. The quantitative estimate of drug-likeness (QED) is 0.347. The van der Waals surface area contributed by atoms with E-state index in [9.17, 15) is 4.79 Å². The van der Waals surface area contributed by atoms with Gasteiger partial charge in [-0.25, -0.2) is 0 Å². The predicted molar refractivity (Wildman–Crippen MR) is 90.6 cm³/mol. The van der Waals surface area contributed by atoms with Crippen LogP contribution in [0.2, 0.25) is 0 Å². The third-order valence-corrected chi connectivity index (χ3v) is 3.84. The van der Waals surface area contributed by atoms with Crippen LogP contribution in [0, 0.1) is 0 Å². The van der Waals surface area contributed by atoms with Crippen molar-refractivity contribution in [3.05, 3.63) is 0 Å². The van der Waals surface area contributed by atoms with Gasteiger partial charge in [0.2, 0.25) is 0 Å². The number of unbranched alkanes of at least 4 members (excludes halogenated alkanes) is 8. The molecule has 0 unspecified atom stereocenters. The lowest BCUT2D eigenvalue weighted by atomic mass is 10.1. The molecule has 0 rings (SSSR count). The lowest BCUT2D eigenvalue weighted by molar-refractivity contribution is -0.145. The molecule has 0 fully saturated rings. The highest BCUT2D eigenvalue weighted by atomic mass is 16.5. The highest BCUT2D eigenvalue weighted by Crippen LogP contribution is 2.09. The van der Waals surface area contributed by atoms with Gasteiger partial charge in [-0.15, -0.1) is 0 Å². The Hall–Kier alpha value is -0.570. The zero-order valence-electron chi connectivity index (χ0n) is 14.6. The average molecular weight is 299 g/mol. The summed E-state index contributed by atoms with van der Waals surface area (Å²) in [7, 11) is 0. The van der Waals surface area contributed by atoms with E-state index in [1.54, 1.807) is 0 Å². The molecule has 1 atom stereocenters. The minimum absolute atomic E-state index is 0.0680. The Labute approximate surface area is 132 Å². The van der Waals surface area contributed by atoms with Gasteiger partial charge in [0.1, 0.15) is 6.04 Å². The molecule has 1 N–H and O–H groups in total. The first-order chi connectivity index (χ1) is 10.3. The van der Waals surface area contributed by atoms with E-state index in [0.29, 0.717) is 6.61 Å². The largest absolute Gasteiger partial charge is 0.465 e. The molecule has 3 nitrogen and oxygen atoms in total. The summed E-state index contributed by atoms with van der Waals surface area (Å²) < 4.78 is 5.18. The van der Waals surface area contributed by atoms with Crippen LogP contribution in [0.4, 0.5) is 0 Å². The van der Waals surface area contributed by atoms with Crippen molar-refractivity contribution in [2.75, 3.05) is 13.2 Å². The summed E-state index contributed by atoms with van der Waals surface area (Å²) in [4.78, 5) is 11.9. The third-order valence-electron chi connectivity index (χ3n) is 3.84. The van der Waals surface area contributed by atoms with E-state index in [1.165, 1.54) is 51.4 Å². The topological polar surface area (TPSA) is 38.3 Å². The van der Waals surface area contributed by atoms with Crippen LogP contribution in [0.1, 0.15) is 91.4 Å². The van der Waals surface area contributed by atoms with Crippen LogP contribution in [0.5, 0.6) is 0 Å². The molecule has 21 heavy (non-hydrogen) atoms. The number of esters is 1. The second kappa shape index (κ2) is 15.8. The van der Waals surface area contributed by atoms with Crippen molar-refractivity contribution in [2.24, 2.45) is 0 Å². The Kier molecular flexibility index (Phi) is 15.4. The summed E-state index contributed by atoms with van der Waals surface area (Å²) in [6.45, 7) is 7.74. The van der Waals surface area contributed by atoms with Crippen molar-refractivity contribution >= 4 is 5.97 Å². The summed E-state index contributed by atoms with van der Waals surface area (Å²) in [5.74, 6) is -0.0680. The van der Waals surface area contributed by atoms with Crippen molar-refractivity contribution in [3.63, 3.8) is 0 Å². The van der Waals surface area contributed by atoms with Gasteiger partial charge in [0, 0.05) is 0 Å². The minimum Gasteiger partial charge on any atom is -0.465 e. The molecule has 0 spiro atoms. The Morgan fingerprint density at radius 3 is 2.00 bits per heavy atom. The number of ether oxygens (including phenoxy) is 1. The van der Waals surface area contributed by atoms with Crippen molar-refractivity contribution < 1.29 is 9.53 Å². The molecule has 0 radical (unpaired) electrons. The second-order valence-corrected chi connectivity index (χ2v) is 5.88. The van der Waals surface area contributed by atoms with Crippen LogP contribution in [-0.2, 0) is 9.53 Å². The Balaban J connectivity index is 3.83. The fraction of sp³-hybridized carbons (Fsp3) is 0.944. The normalized spacial score (nSPS) is 12.3. The standard InChI is InChI=1S/C18H37NO2/c1-4-7-9-11-13-15-17(18(20)21-6-3)19-16-14-12-10-8-5-2/h17,19H,4-16H2,1-3H3/t17-/m0/s1. The van der Waals surface area contributed by atoms with Crippen molar-refractivity contribution in [2.45, 2.75) is 97.4 Å². The van der Waals surface area contributed by atoms with E-state index in [2.05, 4.69) is 19.2 Å². The molecule has 0 saturated carbocycles. The van der Waals surface area contributed by atoms with Crippen molar-refractivity contribution in [1.82, 2.24) is 5.32 Å². The van der Waals surface area contributed by atoms with Gasteiger partial charge in [0.15, 0.2) is 0 Å². The van der Waals surface area contributed by atoms with Gasteiger partial charge in [-0.05, 0) is 26.3 Å². The summed E-state index contributed by atoms with van der Waals surface area (Å²) in [6.07, 6.45) is 13.4. The van der Waals surface area contributed by atoms with E-state index >= 15 is 0 Å². The smallest absolute Gasteiger partial charge is 0.323 e. The fourth-order valence-corrected chi connectivity index (χ4v) is 2.50. The van der Waals surface area contributed by atoms with E-state index in [-0.39, 0.29) is 12.0 Å². The minimum atomic E-state index is -0.0993. The van der Waals surface area contributed by atoms with Gasteiger partial charge in [0.25, 0.3) is 0 Å². The molecule has 0 aliphatic rings. The zero-order valence-corrected chi connectivity index (χ0v) is 14.6. The third kappa shape index (κ3) is 12.9. The summed E-state index contributed by atoms with van der Waals surface area (Å²) in [5, 5.41) is 3.40. The molecule has 0 heterocycles. The van der Waals surface area contributed by atoms with Gasteiger partial charge in [-0.1, -0.05) is 71.6 Å². The molecule has 0 aromatic carbocycles. The molecule has 0 aromatic rings. The van der Waals surface area contributed by atoms with Crippen molar-refractivity contribution in [1.29, 1.82) is 0 Å². The van der Waals surface area contributed by atoms with Crippen molar-refractivity contribution in [3.8, 4) is 0 Å². The number of nitrogens with one attached hydrogen (secondary N) is 1. The molecule has 0 bridgehead atoms. The van der Waals surface area contributed by atoms with E-state index in [4.69, 9.17) is 4.74 Å². The summed E-state index contributed by atoms with van der Waals surface area (Å²) >= 11 is 0. The Morgan fingerprint density at radius 2 is 1.43 bits per heavy atom. The molecular weight excluding hydrogens is 262 g/mol. The first-order valence-electron chi connectivity index (χ1n) is 9.16. The van der Waals surface area contributed by atoms with Gasteiger partial charge >= 0.3 is 5.97 Å². The van der Waals surface area contributed by atoms with Gasteiger partial charge in [-0.3, -0.25) is 4.79 Å². The van der Waals surface area contributed by atoms with Crippen LogP contribution in [-0.4, -0.2) is 25.2 Å². The van der Waals surface area contributed by atoms with Gasteiger partial charge in [-0.2, -0.15) is 0 Å². The molecule has 0 amide bonds. The van der Waals surface area contributed by atoms with E-state index in [0.717, 1.165) is 25.8 Å². The number of hydrogen-bond acceptors (Lipinski definition) is 3. The molecule has 0 aromatic heterocycles. The molecule has 0 saturated heterocycles. The lowest BCUT2D eigenvalue weighted by Gasteiger charge is -2.17. The van der Waals surface area contributed by atoms with E-state index in [1.807, 2.05) is 6.92 Å². The molecular formula is C18H37NO2. The van der Waals surface area contributed by atoms with Gasteiger partial charge < -0.3 is 10.1 Å². The monoisotopic (exact) mass is 299 g/mol. The average Bonchev–Trinajstić information content (AvgIpc) is 2.48. The van der Waals surface area contributed by atoms with E-state index < -0.39 is 0 Å². The first-order valence-corrected chi connectivity index (χ1v) is 9.16. The summed E-state index contributed by atoms with van der Waals surface area (Å²) in [5.41, 5.74) is 0. The molecule has 126 valence electrons. The molecule has 3 heteroatoms. The van der Waals surface area contributed by atoms with Crippen LogP contribution in [0.3, 0.4) is 0 Å². The number of carbonyl (C=O) groups excluding carboxylic acids is 1. The maximum Gasteiger partial charge on any atom is 0.323 e. The number of rotatable bonds is 15. The van der Waals surface area contributed by atoms with Crippen LogP contribution in [0.15, 0.2) is 0 Å². The Bertz CT molecular complexity index is 231.